The first-order valence-electron chi connectivity index (χ1n) is 6.52. The van der Waals surface area contributed by atoms with E-state index in [-0.39, 0.29) is 11.9 Å². The molecular formula is C17H16O2. The minimum absolute atomic E-state index is 0.127. The molecule has 2 heteroatoms. The Kier molecular flexibility index (Phi) is 2.86. The fraction of sp³-hybridized carbons (Fsp3) is 0.235. The summed E-state index contributed by atoms with van der Waals surface area (Å²) in [6.45, 7) is 1.99. The van der Waals surface area contributed by atoms with Crippen LogP contribution in [-0.4, -0.2) is 5.97 Å². The largest absolute Gasteiger partial charge is 0.454 e. The summed E-state index contributed by atoms with van der Waals surface area (Å²) in [5, 5.41) is 0. The van der Waals surface area contributed by atoms with Crippen LogP contribution in [0.3, 0.4) is 0 Å². The van der Waals surface area contributed by atoms with Crippen molar-refractivity contribution in [2.45, 2.75) is 24.9 Å². The van der Waals surface area contributed by atoms with Gasteiger partial charge in [-0.2, -0.15) is 0 Å². The molecule has 1 aliphatic heterocycles. The predicted molar refractivity (Wildman–Crippen MR) is 73.7 cm³/mol. The number of rotatable bonds is 2. The molecule has 2 atom stereocenters. The molecule has 2 aromatic rings. The van der Waals surface area contributed by atoms with Crippen molar-refractivity contribution in [2.24, 2.45) is 0 Å². The number of cyclic esters (lactones) is 1. The Morgan fingerprint density at radius 3 is 2.21 bits per heavy atom. The van der Waals surface area contributed by atoms with E-state index in [4.69, 9.17) is 4.74 Å². The third-order valence-electron chi connectivity index (χ3n) is 3.79. The second kappa shape index (κ2) is 4.54. The molecule has 0 spiro atoms. The smallest absolute Gasteiger partial charge is 0.314 e. The molecule has 0 bridgehead atoms. The zero-order valence-corrected chi connectivity index (χ0v) is 10.9. The molecule has 2 aromatic carbocycles. The highest BCUT2D eigenvalue weighted by atomic mass is 16.6. The van der Waals surface area contributed by atoms with E-state index in [0.29, 0.717) is 6.42 Å². The summed E-state index contributed by atoms with van der Waals surface area (Å²) in [6.07, 6.45) is 0.694. The zero-order chi connectivity index (χ0) is 13.3. The number of ether oxygens (including phenoxy) is 1. The second-order valence-corrected chi connectivity index (χ2v) is 5.19. The molecule has 0 aliphatic carbocycles. The van der Waals surface area contributed by atoms with Crippen molar-refractivity contribution in [3.05, 3.63) is 71.8 Å². The molecule has 0 N–H and O–H groups in total. The van der Waals surface area contributed by atoms with Gasteiger partial charge in [0.05, 0.1) is 5.92 Å². The van der Waals surface area contributed by atoms with Crippen LogP contribution < -0.4 is 0 Å². The molecule has 0 amide bonds. The lowest BCUT2D eigenvalue weighted by molar-refractivity contribution is -0.148. The van der Waals surface area contributed by atoms with Gasteiger partial charge >= 0.3 is 5.97 Å². The van der Waals surface area contributed by atoms with E-state index in [1.54, 1.807) is 0 Å². The van der Waals surface area contributed by atoms with Crippen LogP contribution in [-0.2, 0) is 15.1 Å². The Morgan fingerprint density at radius 2 is 1.58 bits per heavy atom. The summed E-state index contributed by atoms with van der Waals surface area (Å²) < 4.78 is 5.66. The van der Waals surface area contributed by atoms with Crippen LogP contribution in [0, 0.1) is 0 Å². The maximum atomic E-state index is 12.1. The molecule has 0 aromatic heterocycles. The van der Waals surface area contributed by atoms with Gasteiger partial charge in [0, 0.05) is 6.42 Å². The van der Waals surface area contributed by atoms with E-state index in [1.165, 1.54) is 0 Å². The number of hydrogen-bond donors (Lipinski definition) is 0. The fourth-order valence-corrected chi connectivity index (χ4v) is 2.71. The molecule has 1 aliphatic rings. The minimum atomic E-state index is -0.515. The van der Waals surface area contributed by atoms with Crippen molar-refractivity contribution in [1.82, 2.24) is 0 Å². The van der Waals surface area contributed by atoms with Gasteiger partial charge in [0.2, 0.25) is 0 Å². The first-order chi connectivity index (χ1) is 9.19. The van der Waals surface area contributed by atoms with Gasteiger partial charge in [-0.25, -0.2) is 0 Å². The van der Waals surface area contributed by atoms with Crippen LogP contribution in [0.5, 0.6) is 0 Å². The number of carbonyl (C=O) groups excluding carboxylic acids is 1. The van der Waals surface area contributed by atoms with Crippen LogP contribution in [0.15, 0.2) is 60.7 Å². The lowest BCUT2D eigenvalue weighted by Crippen LogP contribution is -2.20. The highest BCUT2D eigenvalue weighted by Crippen LogP contribution is 2.43. The van der Waals surface area contributed by atoms with Gasteiger partial charge in [-0.15, -0.1) is 0 Å². The van der Waals surface area contributed by atoms with Crippen LogP contribution in [0.25, 0.3) is 0 Å². The summed E-state index contributed by atoms with van der Waals surface area (Å²) in [7, 11) is 0. The predicted octanol–water partition coefficient (Wildman–Crippen LogP) is 3.63. The summed E-state index contributed by atoms with van der Waals surface area (Å²) in [5.41, 5.74) is 1.58. The Hall–Kier alpha value is -2.09. The Labute approximate surface area is 113 Å². The number of esters is 1. The van der Waals surface area contributed by atoms with E-state index in [2.05, 4.69) is 0 Å². The third kappa shape index (κ3) is 2.14. The average molecular weight is 252 g/mol. The van der Waals surface area contributed by atoms with E-state index in [0.717, 1.165) is 11.1 Å². The Bertz CT molecular complexity index is 577. The van der Waals surface area contributed by atoms with E-state index < -0.39 is 5.60 Å². The number of carbonyl (C=O) groups is 1. The standard InChI is InChI=1S/C17H16O2/c1-17(14-10-6-3-7-11-14)12-15(16(18)19-17)13-8-4-2-5-9-13/h2-11,15H,12H2,1H3/t15-,17+/m1/s1. The van der Waals surface area contributed by atoms with Gasteiger partial charge in [0.1, 0.15) is 5.60 Å². The van der Waals surface area contributed by atoms with Gasteiger partial charge in [0.25, 0.3) is 0 Å². The van der Waals surface area contributed by atoms with Gasteiger partial charge < -0.3 is 4.74 Å². The van der Waals surface area contributed by atoms with Crippen molar-refractivity contribution in [3.63, 3.8) is 0 Å². The minimum Gasteiger partial charge on any atom is -0.454 e. The molecular weight excluding hydrogens is 236 g/mol. The molecule has 1 fully saturated rings. The Balaban J connectivity index is 1.92. The lowest BCUT2D eigenvalue weighted by Gasteiger charge is -2.22. The zero-order valence-electron chi connectivity index (χ0n) is 10.9. The molecule has 0 unspecified atom stereocenters. The van der Waals surface area contributed by atoms with Crippen molar-refractivity contribution in [2.75, 3.05) is 0 Å². The fourth-order valence-electron chi connectivity index (χ4n) is 2.71. The van der Waals surface area contributed by atoms with Crippen molar-refractivity contribution < 1.29 is 9.53 Å². The summed E-state index contributed by atoms with van der Waals surface area (Å²) in [6, 6.07) is 19.8. The first kappa shape index (κ1) is 12.0. The average Bonchev–Trinajstić information content (AvgIpc) is 2.77. The number of benzene rings is 2. The van der Waals surface area contributed by atoms with E-state index in [9.17, 15) is 4.79 Å². The summed E-state index contributed by atoms with van der Waals surface area (Å²) in [5.74, 6) is -0.288. The second-order valence-electron chi connectivity index (χ2n) is 5.19. The first-order valence-corrected chi connectivity index (χ1v) is 6.52. The van der Waals surface area contributed by atoms with Crippen molar-refractivity contribution in [1.29, 1.82) is 0 Å². The molecule has 96 valence electrons. The van der Waals surface area contributed by atoms with Crippen LogP contribution in [0.1, 0.15) is 30.4 Å². The molecule has 3 rings (SSSR count). The third-order valence-corrected chi connectivity index (χ3v) is 3.79. The van der Waals surface area contributed by atoms with Crippen molar-refractivity contribution >= 4 is 5.97 Å². The van der Waals surface area contributed by atoms with Crippen LogP contribution in [0.4, 0.5) is 0 Å². The highest BCUT2D eigenvalue weighted by Gasteiger charge is 2.44. The monoisotopic (exact) mass is 252 g/mol. The highest BCUT2D eigenvalue weighted by molar-refractivity contribution is 5.81. The summed E-state index contributed by atoms with van der Waals surface area (Å²) >= 11 is 0. The molecule has 0 saturated carbocycles. The van der Waals surface area contributed by atoms with Gasteiger partial charge in [0.15, 0.2) is 0 Å². The Morgan fingerprint density at radius 1 is 1.00 bits per heavy atom. The maximum Gasteiger partial charge on any atom is 0.314 e. The maximum absolute atomic E-state index is 12.1. The SMILES string of the molecule is C[C@@]1(c2ccccc2)C[C@H](c2ccccc2)C(=O)O1. The lowest BCUT2D eigenvalue weighted by atomic mass is 9.86. The van der Waals surface area contributed by atoms with Gasteiger partial charge in [-0.1, -0.05) is 60.7 Å². The molecule has 1 saturated heterocycles. The molecule has 19 heavy (non-hydrogen) atoms. The molecule has 2 nitrogen and oxygen atoms in total. The van der Waals surface area contributed by atoms with Gasteiger partial charge in [-0.3, -0.25) is 4.79 Å². The quantitative estimate of drug-likeness (QED) is 0.763. The van der Waals surface area contributed by atoms with Crippen LogP contribution >= 0.6 is 0 Å². The number of hydrogen-bond acceptors (Lipinski definition) is 2. The summed E-state index contributed by atoms with van der Waals surface area (Å²) in [4.78, 5) is 12.1. The normalized spacial score (nSPS) is 26.2. The van der Waals surface area contributed by atoms with Gasteiger partial charge in [-0.05, 0) is 18.1 Å². The van der Waals surface area contributed by atoms with Crippen LogP contribution in [0.2, 0.25) is 0 Å². The van der Waals surface area contributed by atoms with E-state index >= 15 is 0 Å². The topological polar surface area (TPSA) is 26.3 Å². The van der Waals surface area contributed by atoms with E-state index in [1.807, 2.05) is 67.6 Å². The van der Waals surface area contributed by atoms with Crippen molar-refractivity contribution in [3.8, 4) is 0 Å². The molecule has 1 heterocycles. The molecule has 0 radical (unpaired) electrons.